The number of hydrogen-bond acceptors (Lipinski definition) is 8. The Kier molecular flexibility index (Phi) is 9.54. The van der Waals surface area contributed by atoms with Gasteiger partial charge in [-0.05, 0) is 31.4 Å². The molecule has 2 fully saturated rings. The molecule has 206 valence electrons. The van der Waals surface area contributed by atoms with Crippen LogP contribution < -0.4 is 0 Å². The third-order valence-electron chi connectivity index (χ3n) is 7.19. The molecule has 1 aliphatic carbocycles. The van der Waals surface area contributed by atoms with E-state index >= 15 is 0 Å². The molecule has 1 spiro atoms. The molecule has 3 atom stereocenters. The van der Waals surface area contributed by atoms with Crippen LogP contribution in [-0.2, 0) is 51.2 Å². The first-order chi connectivity index (χ1) is 18.4. The highest BCUT2D eigenvalue weighted by molar-refractivity contribution is 6.00. The average molecular weight is 527 g/mol. The minimum Gasteiger partial charge on any atom is -0.465 e. The molecule has 8 heteroatoms. The molecule has 0 radical (unpaired) electrons. The molecular weight excluding hydrogens is 488 g/mol. The lowest BCUT2D eigenvalue weighted by Crippen LogP contribution is -2.43. The zero-order valence-corrected chi connectivity index (χ0v) is 22.4. The quantitative estimate of drug-likeness (QED) is 0.296. The molecule has 1 saturated heterocycles. The standard InChI is InChI=1S/C30H38O8/c1-4-35-27(31)29(28(32)36-5-2)16-22(3)30(21-29)37-25(19-33-17-23-12-8-6-9-13-23)26(38-30)20-34-18-24-14-10-7-11-15-24/h6-15,22,25-26H,4-5,16-21H2,1-3H3/t22?,25-,26-/m0/s1. The summed E-state index contributed by atoms with van der Waals surface area (Å²) in [5, 5.41) is 0. The van der Waals surface area contributed by atoms with Crippen molar-refractivity contribution in [3.8, 4) is 0 Å². The van der Waals surface area contributed by atoms with E-state index in [9.17, 15) is 9.59 Å². The summed E-state index contributed by atoms with van der Waals surface area (Å²) in [5.41, 5.74) is 0.618. The fourth-order valence-electron chi connectivity index (χ4n) is 5.30. The highest BCUT2D eigenvalue weighted by Crippen LogP contribution is 2.55. The molecule has 2 aromatic carbocycles. The predicted molar refractivity (Wildman–Crippen MR) is 139 cm³/mol. The summed E-state index contributed by atoms with van der Waals surface area (Å²) in [5.74, 6) is -2.64. The van der Waals surface area contributed by atoms with Crippen LogP contribution in [0.25, 0.3) is 0 Å². The Hall–Kier alpha value is -2.78. The normalized spacial score (nSPS) is 23.4. The summed E-state index contributed by atoms with van der Waals surface area (Å²) in [6.07, 6.45) is -0.669. The van der Waals surface area contributed by atoms with E-state index in [0.29, 0.717) is 13.2 Å². The van der Waals surface area contributed by atoms with E-state index in [4.69, 9.17) is 28.4 Å². The fraction of sp³-hybridized carbons (Fsp3) is 0.533. The summed E-state index contributed by atoms with van der Waals surface area (Å²) >= 11 is 0. The highest BCUT2D eigenvalue weighted by Gasteiger charge is 2.67. The van der Waals surface area contributed by atoms with E-state index in [2.05, 4.69) is 0 Å². The lowest BCUT2D eigenvalue weighted by molar-refractivity contribution is -0.208. The third-order valence-corrected chi connectivity index (χ3v) is 7.19. The number of rotatable bonds is 12. The number of benzene rings is 2. The van der Waals surface area contributed by atoms with Crippen LogP contribution in [0.15, 0.2) is 60.7 Å². The van der Waals surface area contributed by atoms with E-state index in [0.717, 1.165) is 11.1 Å². The van der Waals surface area contributed by atoms with Gasteiger partial charge in [-0.25, -0.2) is 0 Å². The van der Waals surface area contributed by atoms with Crippen LogP contribution in [-0.4, -0.2) is 56.4 Å². The fourth-order valence-corrected chi connectivity index (χ4v) is 5.30. The van der Waals surface area contributed by atoms with Gasteiger partial charge in [0.2, 0.25) is 0 Å². The van der Waals surface area contributed by atoms with Crippen molar-refractivity contribution in [3.63, 3.8) is 0 Å². The Bertz CT molecular complexity index is 969. The van der Waals surface area contributed by atoms with E-state index in [1.807, 2.05) is 67.6 Å². The molecule has 1 aliphatic heterocycles. The topological polar surface area (TPSA) is 89.5 Å². The van der Waals surface area contributed by atoms with Crippen LogP contribution in [0.4, 0.5) is 0 Å². The van der Waals surface area contributed by atoms with Gasteiger partial charge in [0.25, 0.3) is 0 Å². The molecule has 4 rings (SSSR count). The largest absolute Gasteiger partial charge is 0.465 e. The van der Waals surface area contributed by atoms with Gasteiger partial charge in [0, 0.05) is 12.3 Å². The zero-order valence-electron chi connectivity index (χ0n) is 22.4. The van der Waals surface area contributed by atoms with Gasteiger partial charge in [0.05, 0.1) is 39.6 Å². The Morgan fingerprint density at radius 1 is 0.789 bits per heavy atom. The monoisotopic (exact) mass is 526 g/mol. The van der Waals surface area contributed by atoms with Gasteiger partial charge in [-0.15, -0.1) is 0 Å². The molecule has 2 aliphatic rings. The molecule has 0 aromatic heterocycles. The molecule has 2 aromatic rings. The maximum Gasteiger partial charge on any atom is 0.323 e. The Balaban J connectivity index is 1.50. The number of hydrogen-bond donors (Lipinski definition) is 0. The predicted octanol–water partition coefficient (Wildman–Crippen LogP) is 4.44. The molecule has 1 heterocycles. The van der Waals surface area contributed by atoms with Crippen LogP contribution in [0, 0.1) is 11.3 Å². The van der Waals surface area contributed by atoms with Crippen LogP contribution in [0.2, 0.25) is 0 Å². The summed E-state index contributed by atoms with van der Waals surface area (Å²) < 4.78 is 35.8. The van der Waals surface area contributed by atoms with Gasteiger partial charge in [-0.2, -0.15) is 0 Å². The van der Waals surface area contributed by atoms with Gasteiger partial charge in [0.1, 0.15) is 12.2 Å². The Labute approximate surface area is 224 Å². The van der Waals surface area contributed by atoms with Crippen molar-refractivity contribution in [2.45, 2.75) is 64.8 Å². The number of carbonyl (C=O) groups excluding carboxylic acids is 2. The molecule has 0 N–H and O–H groups in total. The number of ether oxygens (including phenoxy) is 6. The molecule has 38 heavy (non-hydrogen) atoms. The first kappa shape index (κ1) is 28.2. The van der Waals surface area contributed by atoms with Gasteiger partial charge >= 0.3 is 11.9 Å². The Morgan fingerprint density at radius 3 is 1.66 bits per heavy atom. The minimum absolute atomic E-state index is 0.0171. The van der Waals surface area contributed by atoms with Crippen LogP contribution in [0.5, 0.6) is 0 Å². The smallest absolute Gasteiger partial charge is 0.323 e. The van der Waals surface area contributed by atoms with Crippen molar-refractivity contribution in [1.29, 1.82) is 0 Å². The van der Waals surface area contributed by atoms with Crippen LogP contribution in [0.1, 0.15) is 44.7 Å². The summed E-state index contributed by atoms with van der Waals surface area (Å²) in [4.78, 5) is 26.2. The van der Waals surface area contributed by atoms with Crippen molar-refractivity contribution in [3.05, 3.63) is 71.8 Å². The second-order valence-corrected chi connectivity index (χ2v) is 9.93. The van der Waals surface area contributed by atoms with Gasteiger partial charge in [-0.3, -0.25) is 9.59 Å². The van der Waals surface area contributed by atoms with Crippen molar-refractivity contribution in [1.82, 2.24) is 0 Å². The SMILES string of the molecule is CCOC(=O)C1(C(=O)OCC)CC(C)C2(C1)O[C@@H](COCc1ccccc1)[C@H](COCc1ccccc1)O2. The maximum absolute atomic E-state index is 13.1. The van der Waals surface area contributed by atoms with E-state index in [1.54, 1.807) is 13.8 Å². The second-order valence-electron chi connectivity index (χ2n) is 9.93. The molecule has 1 unspecified atom stereocenters. The van der Waals surface area contributed by atoms with E-state index < -0.39 is 35.3 Å². The minimum atomic E-state index is -1.49. The Morgan fingerprint density at radius 2 is 1.24 bits per heavy atom. The van der Waals surface area contributed by atoms with E-state index in [-0.39, 0.29) is 45.2 Å². The summed E-state index contributed by atoms with van der Waals surface area (Å²) in [6, 6.07) is 19.8. The van der Waals surface area contributed by atoms with Crippen LogP contribution >= 0.6 is 0 Å². The third kappa shape index (κ3) is 6.26. The molecule has 1 saturated carbocycles. The van der Waals surface area contributed by atoms with Gasteiger partial charge < -0.3 is 28.4 Å². The van der Waals surface area contributed by atoms with Crippen molar-refractivity contribution in [2.75, 3.05) is 26.4 Å². The van der Waals surface area contributed by atoms with Crippen molar-refractivity contribution < 1.29 is 38.0 Å². The molecule has 0 bridgehead atoms. The first-order valence-electron chi connectivity index (χ1n) is 13.4. The van der Waals surface area contributed by atoms with Gasteiger partial charge in [-0.1, -0.05) is 67.6 Å². The van der Waals surface area contributed by atoms with Crippen LogP contribution in [0.3, 0.4) is 0 Å². The first-order valence-corrected chi connectivity index (χ1v) is 13.4. The van der Waals surface area contributed by atoms with E-state index in [1.165, 1.54) is 0 Å². The lowest BCUT2D eigenvalue weighted by Gasteiger charge is -2.29. The lowest BCUT2D eigenvalue weighted by atomic mass is 9.85. The highest BCUT2D eigenvalue weighted by atomic mass is 16.8. The number of carbonyl (C=O) groups is 2. The molecule has 8 nitrogen and oxygen atoms in total. The zero-order chi connectivity index (χ0) is 27.0. The summed E-state index contributed by atoms with van der Waals surface area (Å²) in [7, 11) is 0. The molecule has 0 amide bonds. The second kappa shape index (κ2) is 12.8. The van der Waals surface area contributed by atoms with Gasteiger partial charge in [0.15, 0.2) is 11.2 Å². The summed E-state index contributed by atoms with van der Waals surface area (Å²) in [6.45, 7) is 7.08. The number of esters is 2. The molecular formula is C30H38O8. The van der Waals surface area contributed by atoms with Crippen molar-refractivity contribution in [2.24, 2.45) is 11.3 Å². The maximum atomic E-state index is 13.1. The van der Waals surface area contributed by atoms with Crippen molar-refractivity contribution >= 4 is 11.9 Å². The average Bonchev–Trinajstić information content (AvgIpc) is 3.42.